The van der Waals surface area contributed by atoms with Crippen LogP contribution in [0.2, 0.25) is 0 Å². The molecule has 3 aromatic rings. The molecule has 0 saturated carbocycles. The molecule has 0 aromatic heterocycles. The second-order valence-electron chi connectivity index (χ2n) is 8.19. The predicted molar refractivity (Wildman–Crippen MR) is 123 cm³/mol. The number of nitrogens with one attached hydrogen (secondary N) is 1. The third kappa shape index (κ3) is 4.92. The van der Waals surface area contributed by atoms with Crippen molar-refractivity contribution in [2.45, 2.75) is 24.8 Å². The first kappa shape index (κ1) is 22.2. The second-order valence-corrected chi connectivity index (χ2v) is 8.19. The van der Waals surface area contributed by atoms with E-state index in [0.717, 1.165) is 23.3 Å². The van der Waals surface area contributed by atoms with Crippen molar-refractivity contribution >= 4 is 11.8 Å². The number of hydrogen-bond donors (Lipinski definition) is 4. The molecule has 170 valence electrons. The van der Waals surface area contributed by atoms with Crippen LogP contribution in [-0.2, 0) is 4.79 Å². The van der Waals surface area contributed by atoms with E-state index in [2.05, 4.69) is 5.32 Å². The summed E-state index contributed by atoms with van der Waals surface area (Å²) in [6.45, 7) is 0.848. The highest BCUT2D eigenvalue weighted by Gasteiger charge is 2.29. The Labute approximate surface area is 191 Å². The zero-order chi connectivity index (χ0) is 23.4. The molecule has 0 aliphatic carbocycles. The Hall–Kier alpha value is -4.00. The number of nitrogens with zero attached hydrogens (tertiary/aromatic N) is 1. The molecule has 3 aromatic carbocycles. The maximum absolute atomic E-state index is 13.3. The molecule has 1 saturated heterocycles. The Morgan fingerprint density at radius 1 is 0.818 bits per heavy atom. The molecular formula is C26H26N2O5. The molecular weight excluding hydrogens is 420 g/mol. The number of piperidine rings is 1. The number of likely N-dealkylation sites (tertiary alicyclic amines) is 1. The van der Waals surface area contributed by atoms with Gasteiger partial charge < -0.3 is 25.5 Å². The zero-order valence-electron chi connectivity index (χ0n) is 18.0. The highest BCUT2D eigenvalue weighted by Crippen LogP contribution is 2.36. The number of aromatic hydroxyl groups is 3. The van der Waals surface area contributed by atoms with Crippen LogP contribution >= 0.6 is 0 Å². The minimum Gasteiger partial charge on any atom is -0.504 e. The fraction of sp³-hybridized carbons (Fsp3) is 0.231. The van der Waals surface area contributed by atoms with E-state index in [1.165, 1.54) is 0 Å². The topological polar surface area (TPSA) is 110 Å². The summed E-state index contributed by atoms with van der Waals surface area (Å²) in [5, 5.41) is 32.0. The van der Waals surface area contributed by atoms with E-state index in [1.54, 1.807) is 4.90 Å². The minimum absolute atomic E-state index is 0.0712. The van der Waals surface area contributed by atoms with Crippen LogP contribution in [0.4, 0.5) is 0 Å². The van der Waals surface area contributed by atoms with Gasteiger partial charge in [0.05, 0.1) is 5.92 Å². The average molecular weight is 447 g/mol. The third-order valence-electron chi connectivity index (χ3n) is 5.97. The van der Waals surface area contributed by atoms with Gasteiger partial charge >= 0.3 is 0 Å². The Kier molecular flexibility index (Phi) is 6.49. The highest BCUT2D eigenvalue weighted by molar-refractivity contribution is 5.95. The van der Waals surface area contributed by atoms with E-state index in [4.69, 9.17) is 0 Å². The first-order chi connectivity index (χ1) is 15.9. The lowest BCUT2D eigenvalue weighted by atomic mass is 9.90. The van der Waals surface area contributed by atoms with Gasteiger partial charge in [0.25, 0.3) is 5.91 Å². The fourth-order valence-corrected chi connectivity index (χ4v) is 4.21. The molecule has 0 unspecified atom stereocenters. The lowest BCUT2D eigenvalue weighted by Crippen LogP contribution is -2.47. The van der Waals surface area contributed by atoms with E-state index >= 15 is 0 Å². The number of carbonyl (C=O) groups excluding carboxylic acids is 2. The van der Waals surface area contributed by atoms with Crippen molar-refractivity contribution < 1.29 is 24.9 Å². The Morgan fingerprint density at radius 3 is 1.79 bits per heavy atom. The monoisotopic (exact) mass is 446 g/mol. The van der Waals surface area contributed by atoms with Crippen molar-refractivity contribution in [1.82, 2.24) is 10.2 Å². The van der Waals surface area contributed by atoms with Crippen LogP contribution in [0.15, 0.2) is 72.8 Å². The summed E-state index contributed by atoms with van der Waals surface area (Å²) >= 11 is 0. The van der Waals surface area contributed by atoms with Crippen molar-refractivity contribution in [3.8, 4) is 17.2 Å². The number of hydrogen-bond acceptors (Lipinski definition) is 5. The van der Waals surface area contributed by atoms with Crippen LogP contribution in [0.3, 0.4) is 0 Å². The van der Waals surface area contributed by atoms with Crippen LogP contribution in [0, 0.1) is 0 Å². The van der Waals surface area contributed by atoms with Gasteiger partial charge in [-0.2, -0.15) is 0 Å². The fourth-order valence-electron chi connectivity index (χ4n) is 4.21. The molecule has 7 heteroatoms. The summed E-state index contributed by atoms with van der Waals surface area (Å²) in [7, 11) is 0. The number of rotatable bonds is 5. The van der Waals surface area contributed by atoms with Gasteiger partial charge in [0, 0.05) is 24.7 Å². The summed E-state index contributed by atoms with van der Waals surface area (Å²) in [6, 6.07) is 21.5. The van der Waals surface area contributed by atoms with E-state index in [1.807, 2.05) is 60.7 Å². The molecule has 4 N–H and O–H groups in total. The largest absolute Gasteiger partial charge is 0.504 e. The summed E-state index contributed by atoms with van der Waals surface area (Å²) in [6.07, 6.45) is 1.17. The van der Waals surface area contributed by atoms with Crippen molar-refractivity contribution in [1.29, 1.82) is 0 Å². The highest BCUT2D eigenvalue weighted by atomic mass is 16.3. The summed E-state index contributed by atoms with van der Waals surface area (Å²) in [4.78, 5) is 27.7. The van der Waals surface area contributed by atoms with Crippen LogP contribution < -0.4 is 5.32 Å². The summed E-state index contributed by atoms with van der Waals surface area (Å²) < 4.78 is 0. The molecule has 1 aliphatic heterocycles. The maximum Gasteiger partial charge on any atom is 0.254 e. The number of carbonyl (C=O) groups is 2. The van der Waals surface area contributed by atoms with Gasteiger partial charge in [-0.25, -0.2) is 0 Å². The predicted octanol–water partition coefficient (Wildman–Crippen LogP) is 3.36. The average Bonchev–Trinajstić information content (AvgIpc) is 2.84. The van der Waals surface area contributed by atoms with Crippen molar-refractivity contribution in [3.05, 3.63) is 89.5 Å². The molecule has 4 rings (SSSR count). The number of phenolic OH excluding ortho intramolecular Hbond substituents is 3. The van der Waals surface area contributed by atoms with Crippen LogP contribution in [-0.4, -0.2) is 51.2 Å². The SMILES string of the molecule is O=C(NC1CCN(C(=O)c2cc(O)c(O)c(O)c2)CC1)C(c1ccccc1)c1ccccc1. The Morgan fingerprint density at radius 2 is 1.30 bits per heavy atom. The van der Waals surface area contributed by atoms with Crippen LogP contribution in [0.25, 0.3) is 0 Å². The Balaban J connectivity index is 1.41. The first-order valence-electron chi connectivity index (χ1n) is 10.9. The molecule has 1 heterocycles. The smallest absolute Gasteiger partial charge is 0.254 e. The number of benzene rings is 3. The van der Waals surface area contributed by atoms with Gasteiger partial charge in [0.2, 0.25) is 5.91 Å². The van der Waals surface area contributed by atoms with Gasteiger partial charge in [0.1, 0.15) is 0 Å². The standard InChI is InChI=1S/C26H26N2O5/c29-21-15-19(16-22(30)24(21)31)26(33)28-13-11-20(12-14-28)27-25(32)23(17-7-3-1-4-8-17)18-9-5-2-6-10-18/h1-10,15-16,20,23,29-31H,11-14H2,(H,27,32). The van der Waals surface area contributed by atoms with Crippen molar-refractivity contribution in [3.63, 3.8) is 0 Å². The summed E-state index contributed by atoms with van der Waals surface area (Å²) in [5.74, 6) is -2.60. The second kappa shape index (κ2) is 9.65. The van der Waals surface area contributed by atoms with E-state index < -0.39 is 23.2 Å². The Bertz CT molecular complexity index is 1060. The quantitative estimate of drug-likeness (QED) is 0.449. The molecule has 2 amide bonds. The lowest BCUT2D eigenvalue weighted by molar-refractivity contribution is -0.122. The van der Waals surface area contributed by atoms with Crippen LogP contribution in [0.1, 0.15) is 40.2 Å². The minimum atomic E-state index is -0.653. The van der Waals surface area contributed by atoms with Gasteiger partial charge in [-0.3, -0.25) is 9.59 Å². The molecule has 1 aliphatic rings. The van der Waals surface area contributed by atoms with Gasteiger partial charge in [0.15, 0.2) is 17.2 Å². The van der Waals surface area contributed by atoms with Gasteiger partial charge in [-0.05, 0) is 36.1 Å². The lowest BCUT2D eigenvalue weighted by Gasteiger charge is -2.33. The third-order valence-corrected chi connectivity index (χ3v) is 5.97. The first-order valence-corrected chi connectivity index (χ1v) is 10.9. The van der Waals surface area contributed by atoms with E-state index in [0.29, 0.717) is 25.9 Å². The normalized spacial score (nSPS) is 14.3. The molecule has 7 nitrogen and oxygen atoms in total. The number of amides is 2. The van der Waals surface area contributed by atoms with Gasteiger partial charge in [-0.15, -0.1) is 0 Å². The molecule has 0 atom stereocenters. The van der Waals surface area contributed by atoms with E-state index in [-0.39, 0.29) is 23.4 Å². The maximum atomic E-state index is 13.3. The zero-order valence-corrected chi connectivity index (χ0v) is 18.0. The molecule has 0 spiro atoms. The molecule has 1 fully saturated rings. The summed E-state index contributed by atoms with van der Waals surface area (Å²) in [5.41, 5.74) is 1.93. The molecule has 33 heavy (non-hydrogen) atoms. The van der Waals surface area contributed by atoms with Crippen molar-refractivity contribution in [2.75, 3.05) is 13.1 Å². The number of phenols is 3. The van der Waals surface area contributed by atoms with Crippen LogP contribution in [0.5, 0.6) is 17.2 Å². The van der Waals surface area contributed by atoms with Gasteiger partial charge in [-0.1, -0.05) is 60.7 Å². The van der Waals surface area contributed by atoms with E-state index in [9.17, 15) is 24.9 Å². The molecule has 0 radical (unpaired) electrons. The molecule has 0 bridgehead atoms. The van der Waals surface area contributed by atoms with Crippen molar-refractivity contribution in [2.24, 2.45) is 0 Å².